The lowest BCUT2D eigenvalue weighted by Gasteiger charge is -2.36. The number of piperazine rings is 1. The van der Waals surface area contributed by atoms with Gasteiger partial charge < -0.3 is 20.2 Å². The Bertz CT molecular complexity index is 796. The van der Waals surface area contributed by atoms with Gasteiger partial charge in [-0.1, -0.05) is 23.9 Å². The van der Waals surface area contributed by atoms with Crippen LogP contribution in [0.15, 0.2) is 53.4 Å². The van der Waals surface area contributed by atoms with E-state index in [1.807, 2.05) is 19.1 Å². The highest BCUT2D eigenvalue weighted by atomic mass is 32.2. The van der Waals surface area contributed by atoms with Crippen LogP contribution >= 0.6 is 11.8 Å². The lowest BCUT2D eigenvalue weighted by atomic mass is 10.2. The number of quaternary nitrogens is 1. The number of rotatable bonds is 6. The normalized spacial score (nSPS) is 16.2. The minimum absolute atomic E-state index is 0.0970. The molecule has 2 aromatic rings. The minimum Gasteiger partial charge on any atom is -0.506 e. The summed E-state index contributed by atoms with van der Waals surface area (Å²) in [5.74, 6) is -2.29. The van der Waals surface area contributed by atoms with Crippen LogP contribution in [-0.4, -0.2) is 49.0 Å². The van der Waals surface area contributed by atoms with Crippen molar-refractivity contribution in [3.8, 4) is 5.75 Å². The molecule has 0 unspecified atom stereocenters. The highest BCUT2D eigenvalue weighted by molar-refractivity contribution is 7.99. The topological polar surface area (TPSA) is 57.0 Å². The van der Waals surface area contributed by atoms with Gasteiger partial charge in [0.2, 0.25) is 0 Å². The van der Waals surface area contributed by atoms with Gasteiger partial charge in [0, 0.05) is 10.6 Å². The number of carbonyl (C=O) groups excluding carboxylic acids is 1. The van der Waals surface area contributed by atoms with Crippen LogP contribution in [0.4, 0.5) is 20.2 Å². The van der Waals surface area contributed by atoms with E-state index in [4.69, 9.17) is 0 Å². The molecule has 3 rings (SSSR count). The first kappa shape index (κ1) is 20.4. The van der Waals surface area contributed by atoms with Gasteiger partial charge in [0.1, 0.15) is 5.75 Å². The number of carbonyl (C=O) groups is 1. The van der Waals surface area contributed by atoms with Crippen molar-refractivity contribution in [2.75, 3.05) is 36.4 Å². The van der Waals surface area contributed by atoms with E-state index in [9.17, 15) is 18.7 Å². The summed E-state index contributed by atoms with van der Waals surface area (Å²) in [5.41, 5.74) is 1.42. The number of amides is 1. The van der Waals surface area contributed by atoms with Gasteiger partial charge in [-0.25, -0.2) is 0 Å². The van der Waals surface area contributed by atoms with Crippen LogP contribution in [0, 0.1) is 0 Å². The van der Waals surface area contributed by atoms with Gasteiger partial charge in [0.25, 0.3) is 11.7 Å². The molecule has 2 aromatic carbocycles. The number of aromatic hydroxyl groups is 1. The van der Waals surface area contributed by atoms with E-state index >= 15 is 0 Å². The third-order valence-corrected chi connectivity index (χ3v) is 5.70. The Morgan fingerprint density at radius 3 is 2.39 bits per heavy atom. The molecule has 1 saturated heterocycles. The van der Waals surface area contributed by atoms with Crippen LogP contribution in [0.1, 0.15) is 6.92 Å². The number of hydrogen-bond donors (Lipinski definition) is 3. The van der Waals surface area contributed by atoms with E-state index in [-0.39, 0.29) is 17.7 Å². The summed E-state index contributed by atoms with van der Waals surface area (Å²) < 4.78 is 24.7. The standard InChI is InChI=1S/C20H23F2N3O2S/c1-14(19(27)23-15-6-8-16(9-7-15)28-20(21)22)24-10-12-25(13-11-24)17-4-2-3-5-18(17)26/h2-9,14,20,26H,10-13H2,1H3,(H,23,27)/p+1/t14-/m0/s1. The molecule has 1 fully saturated rings. The first-order valence-electron chi connectivity index (χ1n) is 9.17. The first-order chi connectivity index (χ1) is 13.4. The number of phenols is 1. The van der Waals surface area contributed by atoms with E-state index in [1.165, 1.54) is 4.90 Å². The molecule has 0 bridgehead atoms. The molecule has 1 aliphatic heterocycles. The SMILES string of the molecule is C[C@@H](C(=O)Nc1ccc(SC(F)F)cc1)[NH+]1CCN(c2ccccc2O)CC1. The highest BCUT2D eigenvalue weighted by Gasteiger charge is 2.29. The number of halogens is 2. The van der Waals surface area contributed by atoms with Crippen LogP contribution in [0.2, 0.25) is 0 Å². The minimum atomic E-state index is -2.46. The number of anilines is 2. The number of nitrogens with one attached hydrogen (secondary N) is 2. The number of hydrogen-bond acceptors (Lipinski definition) is 4. The molecule has 0 radical (unpaired) electrons. The second-order valence-corrected chi connectivity index (χ2v) is 7.81. The molecule has 8 heteroatoms. The third-order valence-electron chi connectivity index (χ3n) is 4.98. The van der Waals surface area contributed by atoms with Gasteiger partial charge in [-0.2, -0.15) is 8.78 Å². The monoisotopic (exact) mass is 408 g/mol. The van der Waals surface area contributed by atoms with Crippen molar-refractivity contribution in [2.45, 2.75) is 23.6 Å². The Morgan fingerprint density at radius 2 is 1.79 bits per heavy atom. The van der Waals surface area contributed by atoms with Crippen LogP contribution in [0.3, 0.4) is 0 Å². The average molecular weight is 408 g/mol. The Kier molecular flexibility index (Phi) is 6.74. The van der Waals surface area contributed by atoms with Crippen molar-refractivity contribution in [2.24, 2.45) is 0 Å². The fourth-order valence-electron chi connectivity index (χ4n) is 3.36. The molecule has 28 heavy (non-hydrogen) atoms. The summed E-state index contributed by atoms with van der Waals surface area (Å²) in [7, 11) is 0. The molecule has 3 N–H and O–H groups in total. The number of thioether (sulfide) groups is 1. The lowest BCUT2D eigenvalue weighted by Crippen LogP contribution is -3.19. The van der Waals surface area contributed by atoms with Gasteiger partial charge >= 0.3 is 0 Å². The van der Waals surface area contributed by atoms with Crippen LogP contribution < -0.4 is 15.1 Å². The van der Waals surface area contributed by atoms with Gasteiger partial charge in [-0.3, -0.25) is 4.79 Å². The largest absolute Gasteiger partial charge is 0.506 e. The zero-order valence-corrected chi connectivity index (χ0v) is 16.4. The predicted molar refractivity (Wildman–Crippen MR) is 107 cm³/mol. The molecule has 1 amide bonds. The predicted octanol–water partition coefficient (Wildman–Crippen LogP) is 2.44. The van der Waals surface area contributed by atoms with Crippen molar-refractivity contribution in [1.29, 1.82) is 0 Å². The smallest absolute Gasteiger partial charge is 0.288 e. The number of nitrogens with zero attached hydrogens (tertiary/aromatic N) is 1. The fourth-order valence-corrected chi connectivity index (χ4v) is 3.85. The van der Waals surface area contributed by atoms with Crippen molar-refractivity contribution in [1.82, 2.24) is 0 Å². The zero-order valence-electron chi connectivity index (χ0n) is 15.6. The number of para-hydroxylation sites is 2. The summed E-state index contributed by atoms with van der Waals surface area (Å²) in [6.07, 6.45) is 0. The fraction of sp³-hybridized carbons (Fsp3) is 0.350. The maximum Gasteiger partial charge on any atom is 0.288 e. The maximum absolute atomic E-state index is 12.6. The molecule has 1 heterocycles. The van der Waals surface area contributed by atoms with Crippen molar-refractivity contribution < 1.29 is 23.6 Å². The third kappa shape index (κ3) is 5.14. The summed E-state index contributed by atoms with van der Waals surface area (Å²) in [5, 5.41) is 12.9. The summed E-state index contributed by atoms with van der Waals surface area (Å²) in [6, 6.07) is 13.5. The molecule has 0 aliphatic carbocycles. The van der Waals surface area contributed by atoms with Crippen molar-refractivity contribution in [3.05, 3.63) is 48.5 Å². The number of phenolic OH excluding ortho intramolecular Hbond substituents is 1. The molecule has 0 saturated carbocycles. The Hall–Kier alpha value is -2.32. The maximum atomic E-state index is 12.6. The van der Waals surface area contributed by atoms with E-state index in [0.29, 0.717) is 22.3 Å². The van der Waals surface area contributed by atoms with E-state index < -0.39 is 5.76 Å². The molecular weight excluding hydrogens is 384 g/mol. The van der Waals surface area contributed by atoms with Gasteiger partial charge in [-0.15, -0.1) is 0 Å². The number of alkyl halides is 2. The van der Waals surface area contributed by atoms with Gasteiger partial charge in [0.05, 0.1) is 31.9 Å². The van der Waals surface area contributed by atoms with Crippen LogP contribution in [0.25, 0.3) is 0 Å². The first-order valence-corrected chi connectivity index (χ1v) is 10.1. The van der Waals surface area contributed by atoms with Crippen molar-refractivity contribution >= 4 is 29.0 Å². The van der Waals surface area contributed by atoms with E-state index in [0.717, 1.165) is 31.9 Å². The Labute approximate surface area is 167 Å². The second-order valence-electron chi connectivity index (χ2n) is 6.75. The molecule has 5 nitrogen and oxygen atoms in total. The highest BCUT2D eigenvalue weighted by Crippen LogP contribution is 2.27. The molecule has 150 valence electrons. The summed E-state index contributed by atoms with van der Waals surface area (Å²) in [6.45, 7) is 4.97. The average Bonchev–Trinajstić information content (AvgIpc) is 2.69. The van der Waals surface area contributed by atoms with E-state index in [1.54, 1.807) is 36.4 Å². The second kappa shape index (κ2) is 9.25. The lowest BCUT2D eigenvalue weighted by molar-refractivity contribution is -0.914. The van der Waals surface area contributed by atoms with Gasteiger partial charge in [-0.05, 0) is 43.3 Å². The quantitative estimate of drug-likeness (QED) is 0.643. The van der Waals surface area contributed by atoms with Crippen molar-refractivity contribution in [3.63, 3.8) is 0 Å². The van der Waals surface area contributed by atoms with Crippen LogP contribution in [-0.2, 0) is 4.79 Å². The molecule has 1 aliphatic rings. The molecule has 1 atom stereocenters. The Morgan fingerprint density at radius 1 is 1.14 bits per heavy atom. The van der Waals surface area contributed by atoms with E-state index in [2.05, 4.69) is 10.2 Å². The Balaban J connectivity index is 1.52. The molecule has 0 aromatic heterocycles. The van der Waals surface area contributed by atoms with Crippen LogP contribution in [0.5, 0.6) is 5.75 Å². The summed E-state index contributed by atoms with van der Waals surface area (Å²) >= 11 is 0.482. The molecule has 0 spiro atoms. The summed E-state index contributed by atoms with van der Waals surface area (Å²) in [4.78, 5) is 16.3. The van der Waals surface area contributed by atoms with Gasteiger partial charge in [0.15, 0.2) is 6.04 Å². The molecular formula is C20H24F2N3O2S+. The zero-order chi connectivity index (χ0) is 20.1. The number of benzene rings is 2.